The Bertz CT molecular complexity index is 2890. The minimum Gasteiger partial charge on any atom is -0.435 e. The van der Waals surface area contributed by atoms with Gasteiger partial charge in [-0.2, -0.15) is 0 Å². The van der Waals surface area contributed by atoms with Crippen molar-refractivity contribution in [1.82, 2.24) is 4.98 Å². The zero-order chi connectivity index (χ0) is 34.4. The summed E-state index contributed by atoms with van der Waals surface area (Å²) in [5, 5.41) is 7.05. The highest BCUT2D eigenvalue weighted by Gasteiger charge is 2.18. The maximum Gasteiger partial charge on any atom is 0.227 e. The maximum atomic E-state index is 6.55. The number of oxazole rings is 1. The number of hydrogen-bond donors (Lipinski definition) is 0. The molecule has 0 radical (unpaired) electrons. The monoisotopic (exact) mass is 664 g/mol. The second kappa shape index (κ2) is 12.4. The minimum atomic E-state index is 0.629. The molecule has 0 amide bonds. The summed E-state index contributed by atoms with van der Waals surface area (Å²) in [6.07, 6.45) is 0. The average Bonchev–Trinajstić information content (AvgIpc) is 3.68. The molecule has 52 heavy (non-hydrogen) atoms. The second-order valence-corrected chi connectivity index (χ2v) is 13.2. The van der Waals surface area contributed by atoms with E-state index in [0.29, 0.717) is 5.89 Å². The van der Waals surface area contributed by atoms with E-state index < -0.39 is 0 Å². The van der Waals surface area contributed by atoms with E-state index in [2.05, 4.69) is 169 Å². The highest BCUT2D eigenvalue weighted by molar-refractivity contribution is 6.11. The second-order valence-electron chi connectivity index (χ2n) is 13.2. The first-order valence-corrected chi connectivity index (χ1v) is 17.6. The van der Waals surface area contributed by atoms with Gasteiger partial charge in [-0.15, -0.1) is 0 Å². The van der Waals surface area contributed by atoms with Crippen molar-refractivity contribution in [3.63, 3.8) is 0 Å². The Morgan fingerprint density at radius 2 is 0.981 bits per heavy atom. The van der Waals surface area contributed by atoms with Crippen LogP contribution in [0.3, 0.4) is 0 Å². The normalized spacial score (nSPS) is 11.5. The number of anilines is 3. The molecule has 0 unspecified atom stereocenters. The van der Waals surface area contributed by atoms with E-state index in [-0.39, 0.29) is 0 Å². The van der Waals surface area contributed by atoms with Gasteiger partial charge in [-0.3, -0.25) is 0 Å². The molecule has 1 aromatic heterocycles. The van der Waals surface area contributed by atoms with Gasteiger partial charge in [0.25, 0.3) is 0 Å². The standard InChI is InChI=1S/C49H32N2O/c1-3-13-35(14-4-1)49-50-47-45-20-10-8-15-38(45)32-46(48(47)52-49)39-23-22-37-31-42(29-26-36(37)30-39)51(40-17-5-2-6-18-40)41-27-24-34(25-28-41)44-21-11-16-33-12-7-9-19-43(33)44/h1-32H. The zero-order valence-corrected chi connectivity index (χ0v) is 28.3. The van der Waals surface area contributed by atoms with Crippen LogP contribution >= 0.6 is 0 Å². The Morgan fingerprint density at radius 3 is 1.81 bits per heavy atom. The smallest absolute Gasteiger partial charge is 0.227 e. The van der Waals surface area contributed by atoms with Gasteiger partial charge in [-0.05, 0) is 104 Å². The van der Waals surface area contributed by atoms with Gasteiger partial charge in [-0.25, -0.2) is 4.98 Å². The zero-order valence-electron chi connectivity index (χ0n) is 28.3. The minimum absolute atomic E-state index is 0.629. The number of nitrogens with zero attached hydrogens (tertiary/aromatic N) is 2. The fourth-order valence-electron chi connectivity index (χ4n) is 7.49. The van der Waals surface area contributed by atoms with Crippen LogP contribution in [0.2, 0.25) is 0 Å². The van der Waals surface area contributed by atoms with Crippen LogP contribution in [-0.2, 0) is 0 Å². The third kappa shape index (κ3) is 5.19. The predicted octanol–water partition coefficient (Wildman–Crippen LogP) is 13.8. The number of aromatic nitrogens is 1. The lowest BCUT2D eigenvalue weighted by Gasteiger charge is -2.26. The Balaban J connectivity index is 1.06. The van der Waals surface area contributed by atoms with Gasteiger partial charge in [0, 0.05) is 33.6 Å². The Morgan fingerprint density at radius 1 is 0.365 bits per heavy atom. The molecule has 3 heteroatoms. The summed E-state index contributed by atoms with van der Waals surface area (Å²) in [7, 11) is 0. The lowest BCUT2D eigenvalue weighted by atomic mass is 9.97. The van der Waals surface area contributed by atoms with Crippen LogP contribution in [0.4, 0.5) is 17.1 Å². The molecule has 0 bridgehead atoms. The van der Waals surface area contributed by atoms with Crippen LogP contribution in [0.1, 0.15) is 0 Å². The van der Waals surface area contributed by atoms with E-state index in [1.165, 1.54) is 21.9 Å². The first kappa shape index (κ1) is 29.9. The summed E-state index contributed by atoms with van der Waals surface area (Å²) in [5.74, 6) is 0.629. The largest absolute Gasteiger partial charge is 0.435 e. The molecule has 244 valence electrons. The molecule has 0 aliphatic carbocycles. The molecular formula is C49H32N2O. The summed E-state index contributed by atoms with van der Waals surface area (Å²) in [5.41, 5.74) is 10.5. The van der Waals surface area contributed by atoms with Crippen LogP contribution in [-0.4, -0.2) is 4.98 Å². The maximum absolute atomic E-state index is 6.55. The fourth-order valence-corrected chi connectivity index (χ4v) is 7.49. The van der Waals surface area contributed by atoms with Crippen LogP contribution in [0, 0.1) is 0 Å². The molecule has 0 atom stereocenters. The highest BCUT2D eigenvalue weighted by Crippen LogP contribution is 2.41. The van der Waals surface area contributed by atoms with E-state index in [1.807, 2.05) is 30.3 Å². The Labute approximate surface area is 301 Å². The Kier molecular flexibility index (Phi) is 7.14. The molecule has 10 aromatic rings. The van der Waals surface area contributed by atoms with Crippen molar-refractivity contribution in [2.45, 2.75) is 0 Å². The third-order valence-corrected chi connectivity index (χ3v) is 10.0. The first-order chi connectivity index (χ1) is 25.8. The van der Waals surface area contributed by atoms with E-state index in [9.17, 15) is 0 Å². The van der Waals surface area contributed by atoms with Crippen LogP contribution < -0.4 is 4.90 Å². The van der Waals surface area contributed by atoms with Crippen molar-refractivity contribution in [2.75, 3.05) is 4.90 Å². The van der Waals surface area contributed by atoms with Crippen LogP contribution in [0.15, 0.2) is 199 Å². The topological polar surface area (TPSA) is 29.3 Å². The van der Waals surface area contributed by atoms with E-state index in [0.717, 1.165) is 66.4 Å². The average molecular weight is 665 g/mol. The summed E-state index contributed by atoms with van der Waals surface area (Å²) in [4.78, 5) is 7.34. The van der Waals surface area contributed by atoms with Crippen molar-refractivity contribution >= 4 is 60.5 Å². The lowest BCUT2D eigenvalue weighted by molar-refractivity contribution is 0.621. The third-order valence-electron chi connectivity index (χ3n) is 10.0. The van der Waals surface area contributed by atoms with Gasteiger partial charge in [0.1, 0.15) is 5.52 Å². The molecule has 0 spiro atoms. The van der Waals surface area contributed by atoms with Crippen LogP contribution in [0.5, 0.6) is 0 Å². The van der Waals surface area contributed by atoms with Crippen molar-refractivity contribution in [2.24, 2.45) is 0 Å². The molecule has 3 nitrogen and oxygen atoms in total. The van der Waals surface area contributed by atoms with E-state index >= 15 is 0 Å². The van der Waals surface area contributed by atoms with Crippen molar-refractivity contribution in [3.05, 3.63) is 194 Å². The summed E-state index contributed by atoms with van der Waals surface area (Å²) < 4.78 is 6.55. The van der Waals surface area contributed by atoms with Crippen molar-refractivity contribution < 1.29 is 4.42 Å². The van der Waals surface area contributed by atoms with Gasteiger partial charge in [0.2, 0.25) is 5.89 Å². The van der Waals surface area contributed by atoms with Gasteiger partial charge < -0.3 is 9.32 Å². The molecule has 0 aliphatic heterocycles. The SMILES string of the molecule is c1ccc(-c2nc3c(o2)c(-c2ccc4cc(N(c5ccccc5)c5ccc(-c6cccc7ccccc67)cc5)ccc4c2)cc2ccccc23)cc1. The lowest BCUT2D eigenvalue weighted by Crippen LogP contribution is -2.09. The molecule has 1 heterocycles. The number of fused-ring (bicyclic) bond motifs is 5. The quantitative estimate of drug-likeness (QED) is 0.177. The van der Waals surface area contributed by atoms with Gasteiger partial charge in [0.15, 0.2) is 5.58 Å². The predicted molar refractivity (Wildman–Crippen MR) is 218 cm³/mol. The summed E-state index contributed by atoms with van der Waals surface area (Å²) in [6.45, 7) is 0. The first-order valence-electron chi connectivity index (χ1n) is 17.6. The van der Waals surface area contributed by atoms with Crippen molar-refractivity contribution in [3.8, 4) is 33.7 Å². The van der Waals surface area contributed by atoms with Gasteiger partial charge in [0.05, 0.1) is 0 Å². The number of benzene rings is 9. The number of rotatable bonds is 6. The van der Waals surface area contributed by atoms with Gasteiger partial charge in [-0.1, -0.05) is 133 Å². The van der Waals surface area contributed by atoms with E-state index in [1.54, 1.807) is 0 Å². The molecule has 0 saturated carbocycles. The molecule has 10 rings (SSSR count). The molecule has 0 aliphatic rings. The highest BCUT2D eigenvalue weighted by atomic mass is 16.3. The fraction of sp³-hybridized carbons (Fsp3) is 0. The van der Waals surface area contributed by atoms with Crippen molar-refractivity contribution in [1.29, 1.82) is 0 Å². The Hall–Kier alpha value is -6.97. The van der Waals surface area contributed by atoms with Gasteiger partial charge >= 0.3 is 0 Å². The summed E-state index contributed by atoms with van der Waals surface area (Å²) in [6, 6.07) is 68.8. The molecule has 0 N–H and O–H groups in total. The molecular weight excluding hydrogens is 633 g/mol. The van der Waals surface area contributed by atoms with Crippen LogP contribution in [0.25, 0.3) is 77.1 Å². The number of para-hydroxylation sites is 1. The molecule has 0 fully saturated rings. The number of hydrogen-bond acceptors (Lipinski definition) is 3. The van der Waals surface area contributed by atoms with E-state index in [4.69, 9.17) is 9.40 Å². The molecule has 0 saturated heterocycles. The molecule has 9 aromatic carbocycles. The summed E-state index contributed by atoms with van der Waals surface area (Å²) >= 11 is 0.